The molecule has 0 aromatic rings. The van der Waals surface area contributed by atoms with E-state index in [4.69, 9.17) is 0 Å². The molecule has 0 amide bonds. The van der Waals surface area contributed by atoms with Gasteiger partial charge >= 0.3 is 0 Å². The van der Waals surface area contributed by atoms with Gasteiger partial charge in [-0.2, -0.15) is 0 Å². The van der Waals surface area contributed by atoms with Crippen molar-refractivity contribution in [3.8, 4) is 0 Å². The van der Waals surface area contributed by atoms with Crippen molar-refractivity contribution in [2.24, 2.45) is 11.8 Å². The molecule has 0 aromatic heterocycles. The average molecular weight is 238 g/mol. The van der Waals surface area contributed by atoms with E-state index >= 15 is 0 Å². The predicted octanol–water partition coefficient (Wildman–Crippen LogP) is 6.22. The van der Waals surface area contributed by atoms with Crippen molar-refractivity contribution in [3.05, 3.63) is 13.3 Å². The summed E-state index contributed by atoms with van der Waals surface area (Å²) < 4.78 is 0. The largest absolute Gasteiger partial charge is 0.0654 e. The van der Waals surface area contributed by atoms with E-state index in [0.29, 0.717) is 5.92 Å². The van der Waals surface area contributed by atoms with Crippen molar-refractivity contribution in [1.29, 1.82) is 0 Å². The average Bonchev–Trinajstić information content (AvgIpc) is 2.30. The summed E-state index contributed by atoms with van der Waals surface area (Å²) >= 11 is 0. The first kappa shape index (κ1) is 17.0. The third kappa shape index (κ3) is 12.2. The zero-order valence-corrected chi connectivity index (χ0v) is 12.5. The fraction of sp³-hybridized carbons (Fsp3) is 0.882. The molecule has 0 N–H and O–H groups in total. The van der Waals surface area contributed by atoms with Gasteiger partial charge in [0, 0.05) is 0 Å². The monoisotopic (exact) mass is 238 g/mol. The summed E-state index contributed by atoms with van der Waals surface area (Å²) in [7, 11) is 0. The van der Waals surface area contributed by atoms with Gasteiger partial charge in [0.25, 0.3) is 0 Å². The van der Waals surface area contributed by atoms with Gasteiger partial charge in [-0.25, -0.2) is 0 Å². The van der Waals surface area contributed by atoms with Crippen LogP contribution < -0.4 is 0 Å². The molecule has 0 aliphatic heterocycles. The number of rotatable bonds is 12. The van der Waals surface area contributed by atoms with Crippen LogP contribution in [0, 0.1) is 25.2 Å². The zero-order chi connectivity index (χ0) is 12.9. The molecule has 0 saturated heterocycles. The maximum atomic E-state index is 4.26. The van der Waals surface area contributed by atoms with E-state index < -0.39 is 0 Å². The van der Waals surface area contributed by atoms with E-state index in [-0.39, 0.29) is 0 Å². The van der Waals surface area contributed by atoms with Crippen molar-refractivity contribution >= 4 is 0 Å². The SMILES string of the molecule is [CH2]C([CH]C(C)CCCCCC)CCCCCC. The third-order valence-corrected chi connectivity index (χ3v) is 3.54. The molecule has 0 saturated carbocycles. The minimum Gasteiger partial charge on any atom is -0.0654 e. The Labute approximate surface area is 111 Å². The van der Waals surface area contributed by atoms with Gasteiger partial charge in [0.1, 0.15) is 0 Å². The number of unbranched alkanes of at least 4 members (excludes halogenated alkanes) is 6. The Hall–Kier alpha value is 0. The molecular formula is C17H34. The van der Waals surface area contributed by atoms with Gasteiger partial charge in [0.05, 0.1) is 0 Å². The second-order valence-corrected chi connectivity index (χ2v) is 5.63. The van der Waals surface area contributed by atoms with Crippen molar-refractivity contribution in [3.63, 3.8) is 0 Å². The molecule has 0 fully saturated rings. The molecule has 2 unspecified atom stereocenters. The lowest BCUT2D eigenvalue weighted by Gasteiger charge is -2.16. The van der Waals surface area contributed by atoms with Crippen LogP contribution >= 0.6 is 0 Å². The fourth-order valence-corrected chi connectivity index (χ4v) is 2.38. The molecule has 0 heteroatoms. The van der Waals surface area contributed by atoms with Crippen LogP contribution in [0.4, 0.5) is 0 Å². The third-order valence-electron chi connectivity index (χ3n) is 3.54. The first-order chi connectivity index (χ1) is 8.20. The van der Waals surface area contributed by atoms with E-state index in [0.717, 1.165) is 5.92 Å². The van der Waals surface area contributed by atoms with Gasteiger partial charge in [-0.1, -0.05) is 85.0 Å². The molecule has 0 nitrogen and oxygen atoms in total. The van der Waals surface area contributed by atoms with Crippen LogP contribution in [0.25, 0.3) is 0 Å². The predicted molar refractivity (Wildman–Crippen MR) is 79.8 cm³/mol. The molecule has 17 heavy (non-hydrogen) atoms. The fourth-order valence-electron chi connectivity index (χ4n) is 2.38. The Morgan fingerprint density at radius 3 is 1.88 bits per heavy atom. The lowest BCUT2D eigenvalue weighted by Crippen LogP contribution is -2.05. The maximum absolute atomic E-state index is 4.26. The van der Waals surface area contributed by atoms with Crippen molar-refractivity contribution < 1.29 is 0 Å². The van der Waals surface area contributed by atoms with Crippen LogP contribution in [0.15, 0.2) is 0 Å². The Balaban J connectivity index is 3.35. The minimum atomic E-state index is 0.577. The highest BCUT2D eigenvalue weighted by Crippen LogP contribution is 2.21. The highest BCUT2D eigenvalue weighted by molar-refractivity contribution is 4.82. The van der Waals surface area contributed by atoms with Gasteiger partial charge < -0.3 is 0 Å². The van der Waals surface area contributed by atoms with Crippen LogP contribution in [-0.4, -0.2) is 0 Å². The second kappa shape index (κ2) is 12.5. The molecule has 0 aliphatic rings. The van der Waals surface area contributed by atoms with Crippen molar-refractivity contribution in [2.45, 2.75) is 85.0 Å². The second-order valence-electron chi connectivity index (χ2n) is 5.63. The summed E-state index contributed by atoms with van der Waals surface area (Å²) in [5, 5.41) is 0. The lowest BCUT2D eigenvalue weighted by atomic mass is 9.89. The number of hydrogen-bond donors (Lipinski definition) is 0. The van der Waals surface area contributed by atoms with E-state index in [1.165, 1.54) is 64.2 Å². The van der Waals surface area contributed by atoms with E-state index in [1.54, 1.807) is 0 Å². The molecule has 0 spiro atoms. The molecular weight excluding hydrogens is 204 g/mol. The Kier molecular flexibility index (Phi) is 12.5. The Morgan fingerprint density at radius 1 is 0.824 bits per heavy atom. The molecule has 2 radical (unpaired) electrons. The lowest BCUT2D eigenvalue weighted by molar-refractivity contribution is 0.473. The van der Waals surface area contributed by atoms with E-state index in [1.807, 2.05) is 0 Å². The number of hydrogen-bond acceptors (Lipinski definition) is 0. The summed E-state index contributed by atoms with van der Waals surface area (Å²) in [6, 6.07) is 0. The highest BCUT2D eigenvalue weighted by Gasteiger charge is 2.08. The van der Waals surface area contributed by atoms with Crippen molar-refractivity contribution in [1.82, 2.24) is 0 Å². The molecule has 0 aromatic carbocycles. The van der Waals surface area contributed by atoms with E-state index in [9.17, 15) is 0 Å². The summed E-state index contributed by atoms with van der Waals surface area (Å²) in [6.45, 7) is 11.2. The standard InChI is InChI=1S/C17H34/c1-5-7-9-11-13-16(3)15-17(4)14-12-10-8-6-2/h15-17H,3,5-14H2,1-2,4H3. The molecule has 0 aliphatic carbocycles. The van der Waals surface area contributed by atoms with Gasteiger partial charge in [-0.3, -0.25) is 0 Å². The topological polar surface area (TPSA) is 0 Å². The van der Waals surface area contributed by atoms with Crippen LogP contribution in [0.5, 0.6) is 0 Å². The smallest absolute Gasteiger partial charge is 0.0326 e. The minimum absolute atomic E-state index is 0.577. The zero-order valence-electron chi connectivity index (χ0n) is 12.5. The normalized spacial score (nSPS) is 14.8. The molecule has 2 atom stereocenters. The quantitative estimate of drug-likeness (QED) is 0.354. The summed E-state index contributed by atoms with van der Waals surface area (Å²) in [6.07, 6.45) is 16.2. The first-order valence-electron chi connectivity index (χ1n) is 7.88. The van der Waals surface area contributed by atoms with E-state index in [2.05, 4.69) is 34.1 Å². The van der Waals surface area contributed by atoms with Crippen LogP contribution in [-0.2, 0) is 0 Å². The highest BCUT2D eigenvalue weighted by atomic mass is 14.1. The van der Waals surface area contributed by atoms with Gasteiger partial charge in [0.2, 0.25) is 0 Å². The molecule has 102 valence electrons. The summed E-state index contributed by atoms with van der Waals surface area (Å²) in [4.78, 5) is 0. The Bertz CT molecular complexity index is 123. The summed E-state index contributed by atoms with van der Waals surface area (Å²) in [5.41, 5.74) is 0. The van der Waals surface area contributed by atoms with Crippen LogP contribution in [0.1, 0.15) is 85.0 Å². The van der Waals surface area contributed by atoms with Gasteiger partial charge in [-0.05, 0) is 25.2 Å². The molecule has 0 rings (SSSR count). The van der Waals surface area contributed by atoms with Crippen LogP contribution in [0.3, 0.4) is 0 Å². The van der Waals surface area contributed by atoms with Gasteiger partial charge in [-0.15, -0.1) is 0 Å². The van der Waals surface area contributed by atoms with Crippen molar-refractivity contribution in [2.75, 3.05) is 0 Å². The Morgan fingerprint density at radius 2 is 1.35 bits per heavy atom. The first-order valence-corrected chi connectivity index (χ1v) is 7.88. The van der Waals surface area contributed by atoms with Crippen LogP contribution in [0.2, 0.25) is 0 Å². The van der Waals surface area contributed by atoms with Gasteiger partial charge in [0.15, 0.2) is 0 Å². The maximum Gasteiger partial charge on any atom is -0.0326 e. The summed E-state index contributed by atoms with van der Waals surface area (Å²) in [5.74, 6) is 1.34. The molecule has 0 heterocycles. The molecule has 0 bridgehead atoms.